The first-order valence-corrected chi connectivity index (χ1v) is 14.2. The highest BCUT2D eigenvalue weighted by Crippen LogP contribution is 2.36. The van der Waals surface area contributed by atoms with Crippen molar-refractivity contribution in [2.24, 2.45) is 5.10 Å². The summed E-state index contributed by atoms with van der Waals surface area (Å²) in [6.07, 6.45) is 1.35. The highest BCUT2D eigenvalue weighted by atomic mass is 79.9. The molecule has 0 saturated carbocycles. The summed E-state index contributed by atoms with van der Waals surface area (Å²) in [6, 6.07) is 19.4. The van der Waals surface area contributed by atoms with Crippen LogP contribution in [-0.2, 0) is 0 Å². The second-order valence-corrected chi connectivity index (χ2v) is 10.8. The van der Waals surface area contributed by atoms with E-state index in [1.807, 2.05) is 0 Å². The predicted octanol–water partition coefficient (Wildman–Crippen LogP) is 5.90. The van der Waals surface area contributed by atoms with Gasteiger partial charge in [-0.15, -0.1) is 0 Å². The maximum absolute atomic E-state index is 12.9. The van der Waals surface area contributed by atoms with Gasteiger partial charge in [-0.05, 0) is 82.7 Å². The van der Waals surface area contributed by atoms with Gasteiger partial charge in [-0.1, -0.05) is 22.0 Å². The average molecular weight is 709 g/mol. The van der Waals surface area contributed by atoms with Gasteiger partial charge in [-0.3, -0.25) is 9.59 Å². The molecule has 43 heavy (non-hydrogen) atoms. The minimum atomic E-state index is -0.625. The minimum Gasteiger partial charge on any atom is -0.454 e. The molecule has 0 bridgehead atoms. The molecule has 0 unspecified atom stereocenters. The molecule has 13 heteroatoms. The Labute approximate surface area is 261 Å². The normalized spacial score (nSPS) is 12.7. The molecule has 2 aliphatic heterocycles. The third-order valence-corrected chi connectivity index (χ3v) is 7.27. The molecule has 0 atom stereocenters. The van der Waals surface area contributed by atoms with Crippen LogP contribution in [0, 0.1) is 0 Å². The Bertz CT molecular complexity index is 1810. The van der Waals surface area contributed by atoms with Gasteiger partial charge >= 0.3 is 5.97 Å². The van der Waals surface area contributed by atoms with Gasteiger partial charge in [0.05, 0.1) is 16.3 Å². The maximum atomic E-state index is 12.9. The van der Waals surface area contributed by atoms with E-state index in [1.165, 1.54) is 18.3 Å². The van der Waals surface area contributed by atoms with Gasteiger partial charge < -0.3 is 29.0 Å². The zero-order chi connectivity index (χ0) is 29.9. The number of hydrogen-bond donors (Lipinski definition) is 2. The summed E-state index contributed by atoms with van der Waals surface area (Å²) >= 11 is 6.83. The van der Waals surface area contributed by atoms with Crippen molar-refractivity contribution in [3.05, 3.63) is 104 Å². The van der Waals surface area contributed by atoms with Crippen LogP contribution in [0.25, 0.3) is 0 Å². The number of amides is 2. The summed E-state index contributed by atoms with van der Waals surface area (Å²) in [5.74, 6) is 0.716. The largest absolute Gasteiger partial charge is 0.454 e. The maximum Gasteiger partial charge on any atom is 0.343 e. The number of anilines is 1. The Morgan fingerprint density at radius 1 is 0.744 bits per heavy atom. The van der Waals surface area contributed by atoms with Gasteiger partial charge in [0.1, 0.15) is 0 Å². The molecule has 0 fully saturated rings. The summed E-state index contributed by atoms with van der Waals surface area (Å²) in [4.78, 5) is 38.5. The van der Waals surface area contributed by atoms with Gasteiger partial charge in [0.15, 0.2) is 28.7 Å². The van der Waals surface area contributed by atoms with Crippen LogP contribution < -0.4 is 34.4 Å². The van der Waals surface area contributed by atoms with Crippen molar-refractivity contribution < 1.29 is 38.1 Å². The quantitative estimate of drug-likeness (QED) is 0.105. The smallest absolute Gasteiger partial charge is 0.343 e. The molecule has 216 valence electrons. The number of hydrogen-bond acceptors (Lipinski definition) is 9. The van der Waals surface area contributed by atoms with E-state index < -0.39 is 11.9 Å². The van der Waals surface area contributed by atoms with E-state index in [9.17, 15) is 14.4 Å². The fourth-order valence-corrected chi connectivity index (χ4v) is 5.50. The molecule has 4 aromatic carbocycles. The Balaban J connectivity index is 1.13. The SMILES string of the molecule is O=C(NN=Cc1cc(Br)cc(Br)c1OC(=O)c1ccc2c(c1)OCO2)c1cccc(NC(=O)c2ccc3c(c2)OCO3)c1. The number of ether oxygens (including phenoxy) is 5. The molecule has 2 aliphatic rings. The van der Waals surface area contributed by atoms with Gasteiger partial charge in [0.25, 0.3) is 11.8 Å². The van der Waals surface area contributed by atoms with Gasteiger partial charge in [-0.2, -0.15) is 5.10 Å². The predicted molar refractivity (Wildman–Crippen MR) is 161 cm³/mol. The van der Waals surface area contributed by atoms with Crippen LogP contribution in [0.2, 0.25) is 0 Å². The highest BCUT2D eigenvalue weighted by Gasteiger charge is 2.20. The molecular weight excluding hydrogens is 690 g/mol. The van der Waals surface area contributed by atoms with Crippen molar-refractivity contribution in [1.82, 2.24) is 5.43 Å². The van der Waals surface area contributed by atoms with Gasteiger partial charge in [-0.25, -0.2) is 10.2 Å². The van der Waals surface area contributed by atoms with Crippen molar-refractivity contribution >= 4 is 61.5 Å². The van der Waals surface area contributed by atoms with Crippen LogP contribution in [0.3, 0.4) is 0 Å². The summed E-state index contributed by atoms with van der Waals surface area (Å²) in [5.41, 5.74) is 4.16. The van der Waals surface area contributed by atoms with Crippen LogP contribution in [0.1, 0.15) is 36.6 Å². The molecule has 6 rings (SSSR count). The fourth-order valence-electron chi connectivity index (χ4n) is 4.16. The van der Waals surface area contributed by atoms with E-state index in [-0.39, 0.29) is 36.4 Å². The number of rotatable bonds is 7. The molecule has 11 nitrogen and oxygen atoms in total. The van der Waals surface area contributed by atoms with Gasteiger partial charge in [0.2, 0.25) is 13.6 Å². The van der Waals surface area contributed by atoms with Crippen LogP contribution in [0.4, 0.5) is 5.69 Å². The lowest BCUT2D eigenvalue weighted by Crippen LogP contribution is -2.18. The molecule has 0 spiro atoms. The first-order chi connectivity index (χ1) is 20.8. The van der Waals surface area contributed by atoms with E-state index >= 15 is 0 Å². The molecule has 2 amide bonds. The van der Waals surface area contributed by atoms with E-state index in [0.717, 1.165) is 0 Å². The zero-order valence-corrected chi connectivity index (χ0v) is 25.1. The Morgan fingerprint density at radius 3 is 2.14 bits per heavy atom. The summed E-state index contributed by atoms with van der Waals surface area (Å²) in [5, 5.41) is 6.82. The topological polar surface area (TPSA) is 134 Å². The van der Waals surface area contributed by atoms with E-state index in [0.29, 0.717) is 48.8 Å². The standard InChI is InChI=1S/C30H19Br2N3O8/c31-20-8-19(27(22(32)12-20)43-30(38)18-5-7-24-26(11-18)42-15-40-24)13-33-35-29(37)16-2-1-3-21(9-16)34-28(36)17-4-6-23-25(10-17)41-14-39-23/h1-13H,14-15H2,(H,34,36)(H,35,37). The molecule has 4 aromatic rings. The molecule has 0 saturated heterocycles. The molecule has 0 radical (unpaired) electrons. The third kappa shape index (κ3) is 6.32. The Hall–Kier alpha value is -4.88. The second-order valence-electron chi connectivity index (χ2n) is 9.07. The number of fused-ring (bicyclic) bond motifs is 2. The number of esters is 1. The van der Waals surface area contributed by atoms with Crippen molar-refractivity contribution in [2.75, 3.05) is 18.9 Å². The number of carbonyl (C=O) groups is 3. The monoisotopic (exact) mass is 707 g/mol. The van der Waals surface area contributed by atoms with Crippen LogP contribution in [0.5, 0.6) is 28.7 Å². The Morgan fingerprint density at radius 2 is 1.40 bits per heavy atom. The summed E-state index contributed by atoms with van der Waals surface area (Å²) in [6.45, 7) is 0.186. The lowest BCUT2D eigenvalue weighted by atomic mass is 10.1. The number of benzene rings is 4. The van der Waals surface area contributed by atoms with Crippen molar-refractivity contribution in [2.45, 2.75) is 0 Å². The number of hydrazone groups is 1. The molecule has 0 aromatic heterocycles. The van der Waals surface area contributed by atoms with Gasteiger partial charge in [0, 0.05) is 26.9 Å². The third-order valence-electron chi connectivity index (χ3n) is 6.23. The first-order valence-electron chi connectivity index (χ1n) is 12.6. The van der Waals surface area contributed by atoms with E-state index in [2.05, 4.69) is 47.7 Å². The van der Waals surface area contributed by atoms with Crippen molar-refractivity contribution in [1.29, 1.82) is 0 Å². The van der Waals surface area contributed by atoms with E-state index in [4.69, 9.17) is 23.7 Å². The zero-order valence-electron chi connectivity index (χ0n) is 21.9. The van der Waals surface area contributed by atoms with Crippen molar-refractivity contribution in [3.8, 4) is 28.7 Å². The second kappa shape index (κ2) is 12.2. The molecular formula is C30H19Br2N3O8. The Kier molecular flexibility index (Phi) is 7.99. The summed E-state index contributed by atoms with van der Waals surface area (Å²) in [7, 11) is 0. The molecule has 2 N–H and O–H groups in total. The minimum absolute atomic E-state index is 0.0819. The number of carbonyl (C=O) groups excluding carboxylic acids is 3. The van der Waals surface area contributed by atoms with E-state index in [1.54, 1.807) is 60.7 Å². The molecule has 0 aliphatic carbocycles. The van der Waals surface area contributed by atoms with Crippen LogP contribution >= 0.6 is 31.9 Å². The van der Waals surface area contributed by atoms with Crippen LogP contribution in [-0.4, -0.2) is 37.6 Å². The molecule has 2 heterocycles. The lowest BCUT2D eigenvalue weighted by Gasteiger charge is -2.11. The highest BCUT2D eigenvalue weighted by molar-refractivity contribution is 9.11. The fraction of sp³-hybridized carbons (Fsp3) is 0.0667. The summed E-state index contributed by atoms with van der Waals surface area (Å²) < 4.78 is 28.1. The first kappa shape index (κ1) is 28.2. The van der Waals surface area contributed by atoms with Crippen LogP contribution in [0.15, 0.2) is 86.8 Å². The van der Waals surface area contributed by atoms with Crippen molar-refractivity contribution in [3.63, 3.8) is 0 Å². The lowest BCUT2D eigenvalue weighted by molar-refractivity contribution is 0.0732. The average Bonchev–Trinajstić information content (AvgIpc) is 3.67. The number of nitrogens with zero attached hydrogens (tertiary/aromatic N) is 1. The number of nitrogens with one attached hydrogen (secondary N) is 2. The number of halogens is 2.